The lowest BCUT2D eigenvalue weighted by atomic mass is 9.65. The van der Waals surface area contributed by atoms with E-state index in [1.807, 2.05) is 29.2 Å². The molecule has 0 atom stereocenters. The van der Waals surface area contributed by atoms with Gasteiger partial charge in [0.15, 0.2) is 5.96 Å². The maximum absolute atomic E-state index is 12.6. The maximum Gasteiger partial charge on any atom is 0.253 e. The molecular weight excluding hydrogens is 475 g/mol. The van der Waals surface area contributed by atoms with Crippen molar-refractivity contribution in [1.82, 2.24) is 15.1 Å². The van der Waals surface area contributed by atoms with Gasteiger partial charge >= 0.3 is 0 Å². The average molecular weight is 512 g/mol. The van der Waals surface area contributed by atoms with Crippen LogP contribution in [0.4, 0.5) is 0 Å². The second-order valence-electron chi connectivity index (χ2n) is 9.25. The third kappa shape index (κ3) is 5.06. The molecule has 0 unspecified atom stereocenters. The zero-order chi connectivity index (χ0) is 20.4. The van der Waals surface area contributed by atoms with E-state index >= 15 is 0 Å². The Morgan fingerprint density at radius 1 is 1.07 bits per heavy atom. The van der Waals surface area contributed by atoms with E-state index in [1.54, 1.807) is 0 Å². The topological polar surface area (TPSA) is 47.9 Å². The van der Waals surface area contributed by atoms with Gasteiger partial charge in [-0.15, -0.1) is 24.0 Å². The number of hydrogen-bond acceptors (Lipinski definition) is 2. The summed E-state index contributed by atoms with van der Waals surface area (Å²) in [6, 6.07) is 7.97. The molecule has 6 heteroatoms. The van der Waals surface area contributed by atoms with Gasteiger partial charge in [-0.05, 0) is 57.7 Å². The van der Waals surface area contributed by atoms with Crippen molar-refractivity contribution < 1.29 is 4.79 Å². The number of halogens is 1. The number of hydrogen-bond donors (Lipinski definition) is 1. The van der Waals surface area contributed by atoms with Crippen LogP contribution in [-0.2, 0) is 6.54 Å². The number of carbonyl (C=O) groups excluding carboxylic acids is 1. The van der Waals surface area contributed by atoms with Crippen molar-refractivity contribution in [2.45, 2.75) is 66.0 Å². The average Bonchev–Trinajstić information content (AvgIpc) is 2.70. The van der Waals surface area contributed by atoms with Gasteiger partial charge in [0.05, 0.1) is 6.54 Å². The van der Waals surface area contributed by atoms with E-state index in [0.29, 0.717) is 6.54 Å². The number of guanidine groups is 1. The summed E-state index contributed by atoms with van der Waals surface area (Å²) in [4.78, 5) is 21.8. The molecule has 1 amide bonds. The van der Waals surface area contributed by atoms with Crippen LogP contribution in [0.5, 0.6) is 0 Å². The van der Waals surface area contributed by atoms with Crippen molar-refractivity contribution >= 4 is 35.8 Å². The predicted molar refractivity (Wildman–Crippen MR) is 131 cm³/mol. The van der Waals surface area contributed by atoms with Crippen LogP contribution in [0.1, 0.15) is 69.8 Å². The van der Waals surface area contributed by atoms with Crippen LogP contribution in [0.15, 0.2) is 29.3 Å². The Morgan fingerprint density at radius 2 is 1.69 bits per heavy atom. The molecule has 0 aliphatic carbocycles. The molecule has 2 heterocycles. The monoisotopic (exact) mass is 512 g/mol. The molecule has 0 radical (unpaired) electrons. The van der Waals surface area contributed by atoms with Gasteiger partial charge in [0, 0.05) is 42.7 Å². The van der Waals surface area contributed by atoms with Crippen LogP contribution in [0.2, 0.25) is 0 Å². The lowest BCUT2D eigenvalue weighted by Crippen LogP contribution is -2.72. The highest BCUT2D eigenvalue weighted by Crippen LogP contribution is 2.46. The van der Waals surface area contributed by atoms with Crippen LogP contribution in [0.3, 0.4) is 0 Å². The van der Waals surface area contributed by atoms with E-state index in [4.69, 9.17) is 4.99 Å². The van der Waals surface area contributed by atoms with Crippen molar-refractivity contribution in [1.29, 1.82) is 0 Å². The van der Waals surface area contributed by atoms with Crippen molar-refractivity contribution in [3.8, 4) is 0 Å². The minimum Gasteiger partial charge on any atom is -0.356 e. The van der Waals surface area contributed by atoms with E-state index in [1.165, 1.54) is 6.42 Å². The first-order valence-corrected chi connectivity index (χ1v) is 10.7. The molecule has 0 bridgehead atoms. The van der Waals surface area contributed by atoms with Crippen LogP contribution < -0.4 is 5.32 Å². The number of amides is 1. The van der Waals surface area contributed by atoms with Crippen molar-refractivity contribution in [3.05, 3.63) is 35.4 Å². The number of piperidine rings is 1. The Kier molecular flexibility index (Phi) is 7.99. The molecule has 5 nitrogen and oxygen atoms in total. The number of nitrogens with one attached hydrogen (secondary N) is 1. The summed E-state index contributed by atoms with van der Waals surface area (Å²) >= 11 is 0. The second-order valence-corrected chi connectivity index (χ2v) is 9.25. The first-order valence-electron chi connectivity index (χ1n) is 10.7. The summed E-state index contributed by atoms with van der Waals surface area (Å²) < 4.78 is 0. The van der Waals surface area contributed by atoms with Crippen molar-refractivity contribution in [2.75, 3.05) is 26.2 Å². The van der Waals surface area contributed by atoms with Crippen LogP contribution in [0.25, 0.3) is 0 Å². The smallest absolute Gasteiger partial charge is 0.253 e. The lowest BCUT2D eigenvalue weighted by molar-refractivity contribution is -0.0667. The van der Waals surface area contributed by atoms with E-state index in [2.05, 4.69) is 44.8 Å². The van der Waals surface area contributed by atoms with Crippen LogP contribution in [-0.4, -0.2) is 53.4 Å². The Morgan fingerprint density at radius 3 is 2.21 bits per heavy atom. The van der Waals surface area contributed by atoms with Gasteiger partial charge in [0.2, 0.25) is 0 Å². The number of likely N-dealkylation sites (tertiary alicyclic amines) is 2. The standard InChI is InChI=1S/C23H36N4O.HI/c1-6-24-21(27-17-22(2,3)23(27,4)5)25-16-18-10-12-19(13-11-18)20(28)26-14-8-7-9-15-26;/h10-13H,6-9,14-17H2,1-5H3,(H,24,25);1H. The molecule has 1 aromatic rings. The fourth-order valence-corrected chi connectivity index (χ4v) is 3.99. The Bertz CT molecular complexity index is 721. The summed E-state index contributed by atoms with van der Waals surface area (Å²) in [6.45, 7) is 15.6. The molecule has 29 heavy (non-hydrogen) atoms. The normalized spacial score (nSPS) is 20.5. The summed E-state index contributed by atoms with van der Waals surface area (Å²) in [5, 5.41) is 3.44. The molecule has 1 aromatic carbocycles. The Labute approximate surface area is 193 Å². The first kappa shape index (κ1) is 24.0. The fourth-order valence-electron chi connectivity index (χ4n) is 3.99. The summed E-state index contributed by atoms with van der Waals surface area (Å²) in [5.74, 6) is 1.13. The van der Waals surface area contributed by atoms with E-state index in [-0.39, 0.29) is 40.8 Å². The first-order chi connectivity index (χ1) is 13.3. The molecule has 0 aromatic heterocycles. The quantitative estimate of drug-likeness (QED) is 0.367. The van der Waals surface area contributed by atoms with Crippen molar-refractivity contribution in [2.24, 2.45) is 10.4 Å². The Balaban J connectivity index is 0.00000300. The van der Waals surface area contributed by atoms with Crippen LogP contribution >= 0.6 is 24.0 Å². The molecule has 0 spiro atoms. The molecule has 0 saturated carbocycles. The largest absolute Gasteiger partial charge is 0.356 e. The van der Waals surface area contributed by atoms with Gasteiger partial charge < -0.3 is 15.1 Å². The highest BCUT2D eigenvalue weighted by atomic mass is 127. The second kappa shape index (κ2) is 9.67. The van der Waals surface area contributed by atoms with E-state index in [0.717, 1.165) is 56.1 Å². The molecular formula is C23H37IN4O. The number of aliphatic imine (C=N–C) groups is 1. The number of nitrogens with zero attached hydrogens (tertiary/aromatic N) is 3. The molecule has 3 rings (SSSR count). The molecule has 2 saturated heterocycles. The molecule has 2 aliphatic heterocycles. The molecule has 1 N–H and O–H groups in total. The molecule has 162 valence electrons. The maximum atomic E-state index is 12.6. The Hall–Kier alpha value is -1.31. The summed E-state index contributed by atoms with van der Waals surface area (Å²) in [7, 11) is 0. The van der Waals surface area contributed by atoms with Gasteiger partial charge in [0.1, 0.15) is 0 Å². The molecule has 2 aliphatic rings. The highest BCUT2D eigenvalue weighted by Gasteiger charge is 2.53. The van der Waals surface area contributed by atoms with Gasteiger partial charge in [-0.3, -0.25) is 4.79 Å². The highest BCUT2D eigenvalue weighted by molar-refractivity contribution is 14.0. The van der Waals surface area contributed by atoms with Crippen LogP contribution in [0, 0.1) is 5.41 Å². The van der Waals surface area contributed by atoms with Gasteiger partial charge in [-0.1, -0.05) is 26.0 Å². The minimum atomic E-state index is 0. The predicted octanol–water partition coefficient (Wildman–Crippen LogP) is 4.52. The summed E-state index contributed by atoms with van der Waals surface area (Å²) in [5.41, 5.74) is 2.27. The lowest BCUT2D eigenvalue weighted by Gasteiger charge is -2.62. The van der Waals surface area contributed by atoms with Gasteiger partial charge in [0.25, 0.3) is 5.91 Å². The minimum absolute atomic E-state index is 0. The number of rotatable bonds is 4. The van der Waals surface area contributed by atoms with E-state index < -0.39 is 0 Å². The number of benzene rings is 1. The summed E-state index contributed by atoms with van der Waals surface area (Å²) in [6.07, 6.45) is 3.48. The number of carbonyl (C=O) groups is 1. The fraction of sp³-hybridized carbons (Fsp3) is 0.652. The zero-order valence-corrected chi connectivity index (χ0v) is 21.0. The van der Waals surface area contributed by atoms with E-state index in [9.17, 15) is 4.79 Å². The zero-order valence-electron chi connectivity index (χ0n) is 18.6. The van der Waals surface area contributed by atoms with Gasteiger partial charge in [-0.25, -0.2) is 4.99 Å². The molecule has 2 fully saturated rings. The SMILES string of the molecule is CCNC(=NCc1ccc(C(=O)N2CCCCC2)cc1)N1CC(C)(C)C1(C)C.I. The third-order valence-electron chi connectivity index (χ3n) is 6.73. The van der Waals surface area contributed by atoms with Crippen molar-refractivity contribution in [3.63, 3.8) is 0 Å². The van der Waals surface area contributed by atoms with Gasteiger partial charge in [-0.2, -0.15) is 0 Å². The third-order valence-corrected chi connectivity index (χ3v) is 6.73.